The minimum Gasteiger partial charge on any atom is -0.466 e. The molecule has 0 fully saturated rings. The third-order valence-electron chi connectivity index (χ3n) is 1.12. The number of carbonyl (C=O) groups excluding carboxylic acids is 1. The largest absolute Gasteiger partial charge is 0.466 e. The molecule has 4 nitrogen and oxygen atoms in total. The van der Waals surface area contributed by atoms with Crippen molar-refractivity contribution in [2.24, 2.45) is 0 Å². The lowest BCUT2D eigenvalue weighted by molar-refractivity contribution is -0.134. The molecule has 0 aromatic carbocycles. The Bertz CT molecular complexity index is 300. The van der Waals surface area contributed by atoms with E-state index in [-0.39, 0.29) is 5.97 Å². The summed E-state index contributed by atoms with van der Waals surface area (Å²) in [5.41, 5.74) is 0. The molecule has 68 valence electrons. The monoisotopic (exact) mass is 196 g/mol. The lowest BCUT2D eigenvalue weighted by Gasteiger charge is -1.91. The second-order valence-corrected chi connectivity index (χ2v) is 2.85. The molecule has 0 saturated heterocycles. The Morgan fingerprint density at radius 2 is 2.23 bits per heavy atom. The van der Waals surface area contributed by atoms with E-state index in [0.717, 1.165) is 0 Å². The molecular weight excluding hydrogens is 188 g/mol. The zero-order valence-corrected chi connectivity index (χ0v) is 7.82. The van der Waals surface area contributed by atoms with Crippen LogP contribution in [0.4, 0.5) is 0 Å². The molecule has 0 bridgehead atoms. The average Bonchev–Trinajstić information content (AvgIpc) is 2.19. The van der Waals surface area contributed by atoms with Crippen LogP contribution in [-0.2, 0) is 9.53 Å². The van der Waals surface area contributed by atoms with Crippen molar-refractivity contribution in [3.8, 4) is 0 Å². The highest BCUT2D eigenvalue weighted by Crippen LogP contribution is 2.11. The third-order valence-corrected chi connectivity index (χ3v) is 1.81. The summed E-state index contributed by atoms with van der Waals surface area (Å²) in [4.78, 5) is 18.5. The number of methoxy groups -OCH3 is 1. The molecule has 1 heterocycles. The van der Waals surface area contributed by atoms with E-state index >= 15 is 0 Å². The first-order valence-electron chi connectivity index (χ1n) is 3.51. The fourth-order valence-electron chi connectivity index (χ4n) is 0.565. The molecule has 0 aliphatic carbocycles. The molecule has 0 saturated carbocycles. The summed E-state index contributed by atoms with van der Waals surface area (Å²) < 4.78 is 4.41. The quantitative estimate of drug-likeness (QED) is 0.315. The van der Waals surface area contributed by atoms with E-state index in [9.17, 15) is 4.79 Å². The number of hydrogen-bond donors (Lipinski definition) is 0. The average molecular weight is 196 g/mol. The van der Waals surface area contributed by atoms with Crippen LogP contribution in [-0.4, -0.2) is 23.0 Å². The maximum absolute atomic E-state index is 10.6. The Kier molecular flexibility index (Phi) is 3.98. The Hall–Kier alpha value is -1.36. The van der Waals surface area contributed by atoms with Gasteiger partial charge in [0, 0.05) is 18.5 Å². The highest BCUT2D eigenvalue weighted by atomic mass is 32.2. The van der Waals surface area contributed by atoms with Gasteiger partial charge in [0.2, 0.25) is 0 Å². The van der Waals surface area contributed by atoms with Crippen LogP contribution < -0.4 is 0 Å². The fraction of sp³-hybridized carbons (Fsp3) is 0.125. The van der Waals surface area contributed by atoms with Crippen molar-refractivity contribution < 1.29 is 9.53 Å². The summed E-state index contributed by atoms with van der Waals surface area (Å²) in [6.45, 7) is 0. The molecule has 13 heavy (non-hydrogen) atoms. The summed E-state index contributed by atoms with van der Waals surface area (Å²) >= 11 is 1.26. The van der Waals surface area contributed by atoms with Crippen molar-refractivity contribution >= 4 is 17.7 Å². The third kappa shape index (κ3) is 3.71. The first-order chi connectivity index (χ1) is 6.33. The van der Waals surface area contributed by atoms with Crippen LogP contribution in [0, 0.1) is 0 Å². The Balaban J connectivity index is 2.44. The molecule has 1 aromatic heterocycles. The van der Waals surface area contributed by atoms with Crippen LogP contribution in [0.1, 0.15) is 0 Å². The lowest BCUT2D eigenvalue weighted by Crippen LogP contribution is -1.92. The first kappa shape index (κ1) is 9.73. The van der Waals surface area contributed by atoms with E-state index in [1.807, 2.05) is 0 Å². The van der Waals surface area contributed by atoms with Gasteiger partial charge in [-0.25, -0.2) is 14.8 Å². The topological polar surface area (TPSA) is 52.1 Å². The van der Waals surface area contributed by atoms with E-state index in [1.54, 1.807) is 23.9 Å². The predicted octanol–water partition coefficient (Wildman–Crippen LogP) is 1.26. The van der Waals surface area contributed by atoms with Gasteiger partial charge in [-0.1, -0.05) is 11.8 Å². The zero-order chi connectivity index (χ0) is 9.52. The van der Waals surface area contributed by atoms with Gasteiger partial charge >= 0.3 is 5.97 Å². The van der Waals surface area contributed by atoms with Crippen molar-refractivity contribution in [3.05, 3.63) is 29.9 Å². The van der Waals surface area contributed by atoms with E-state index in [0.29, 0.717) is 5.16 Å². The van der Waals surface area contributed by atoms with Gasteiger partial charge in [-0.2, -0.15) is 0 Å². The molecular formula is C8H8N2O2S. The summed E-state index contributed by atoms with van der Waals surface area (Å²) in [7, 11) is 1.33. The molecule has 1 aromatic rings. The van der Waals surface area contributed by atoms with Gasteiger partial charge in [-0.05, 0) is 11.5 Å². The standard InChI is InChI=1S/C8H8N2O2S/c1-12-7(11)3-6-13-8-9-4-2-5-10-8/h2-6H,1H3. The number of carbonyl (C=O) groups is 1. The van der Waals surface area contributed by atoms with E-state index < -0.39 is 0 Å². The summed E-state index contributed by atoms with van der Waals surface area (Å²) in [5, 5.41) is 2.18. The van der Waals surface area contributed by atoms with Gasteiger partial charge in [0.25, 0.3) is 0 Å². The molecule has 0 aliphatic rings. The van der Waals surface area contributed by atoms with Crippen LogP contribution >= 0.6 is 11.8 Å². The normalized spacial score (nSPS) is 10.2. The second-order valence-electron chi connectivity index (χ2n) is 1.98. The molecule has 0 spiro atoms. The highest BCUT2D eigenvalue weighted by molar-refractivity contribution is 8.02. The predicted molar refractivity (Wildman–Crippen MR) is 49.0 cm³/mol. The molecule has 5 heteroatoms. The maximum Gasteiger partial charge on any atom is 0.330 e. The van der Waals surface area contributed by atoms with Crippen LogP contribution in [0.25, 0.3) is 0 Å². The number of esters is 1. The smallest absolute Gasteiger partial charge is 0.330 e. The van der Waals surface area contributed by atoms with E-state index in [1.165, 1.54) is 24.9 Å². The summed E-state index contributed by atoms with van der Waals surface area (Å²) in [6.07, 6.45) is 4.60. The van der Waals surface area contributed by atoms with Gasteiger partial charge in [0.05, 0.1) is 7.11 Å². The minimum absolute atomic E-state index is 0.386. The number of nitrogens with zero attached hydrogens (tertiary/aromatic N) is 2. The molecule has 0 atom stereocenters. The fourth-order valence-corrected chi connectivity index (χ4v) is 1.11. The number of hydrogen-bond acceptors (Lipinski definition) is 5. The minimum atomic E-state index is -0.386. The van der Waals surface area contributed by atoms with Crippen molar-refractivity contribution in [2.75, 3.05) is 7.11 Å². The molecule has 0 N–H and O–H groups in total. The Labute approximate surface area is 80.0 Å². The van der Waals surface area contributed by atoms with E-state index in [4.69, 9.17) is 0 Å². The van der Waals surface area contributed by atoms with Gasteiger partial charge in [-0.3, -0.25) is 0 Å². The second kappa shape index (κ2) is 5.31. The van der Waals surface area contributed by atoms with Crippen LogP contribution in [0.15, 0.2) is 35.1 Å². The number of aromatic nitrogens is 2. The van der Waals surface area contributed by atoms with Crippen molar-refractivity contribution in [1.82, 2.24) is 9.97 Å². The Morgan fingerprint density at radius 1 is 1.54 bits per heavy atom. The van der Waals surface area contributed by atoms with Crippen LogP contribution in [0.2, 0.25) is 0 Å². The van der Waals surface area contributed by atoms with Gasteiger partial charge in [0.15, 0.2) is 5.16 Å². The lowest BCUT2D eigenvalue weighted by atomic mass is 10.7. The molecule has 0 unspecified atom stereocenters. The number of ether oxygens (including phenoxy) is 1. The number of thioether (sulfide) groups is 1. The maximum atomic E-state index is 10.6. The van der Waals surface area contributed by atoms with Gasteiger partial charge in [0.1, 0.15) is 0 Å². The van der Waals surface area contributed by atoms with Crippen LogP contribution in [0.3, 0.4) is 0 Å². The Morgan fingerprint density at radius 3 is 2.85 bits per heavy atom. The SMILES string of the molecule is COC(=O)C=CSc1ncccn1. The molecule has 0 radical (unpaired) electrons. The van der Waals surface area contributed by atoms with Crippen molar-refractivity contribution in [2.45, 2.75) is 5.16 Å². The molecule has 0 amide bonds. The zero-order valence-electron chi connectivity index (χ0n) is 7.01. The summed E-state index contributed by atoms with van der Waals surface area (Å²) in [5.74, 6) is -0.386. The number of rotatable bonds is 3. The molecule has 0 aliphatic heterocycles. The first-order valence-corrected chi connectivity index (χ1v) is 4.39. The summed E-state index contributed by atoms with van der Waals surface area (Å²) in [6, 6.07) is 1.73. The van der Waals surface area contributed by atoms with Gasteiger partial charge < -0.3 is 4.74 Å². The van der Waals surface area contributed by atoms with Crippen molar-refractivity contribution in [1.29, 1.82) is 0 Å². The van der Waals surface area contributed by atoms with Crippen LogP contribution in [0.5, 0.6) is 0 Å². The van der Waals surface area contributed by atoms with E-state index in [2.05, 4.69) is 14.7 Å². The van der Waals surface area contributed by atoms with Crippen molar-refractivity contribution in [3.63, 3.8) is 0 Å². The van der Waals surface area contributed by atoms with Gasteiger partial charge in [-0.15, -0.1) is 0 Å². The molecule has 1 rings (SSSR count). The highest BCUT2D eigenvalue weighted by Gasteiger charge is 1.93.